The first-order chi connectivity index (χ1) is 13.7. The summed E-state index contributed by atoms with van der Waals surface area (Å²) in [5.41, 5.74) is 6.60. The first kappa shape index (κ1) is 19.9. The molecule has 3 aromatic carbocycles. The van der Waals surface area contributed by atoms with Crippen molar-refractivity contribution in [2.45, 2.75) is 33.6 Å². The van der Waals surface area contributed by atoms with Crippen LogP contribution in [-0.4, -0.2) is 6.54 Å². The highest BCUT2D eigenvalue weighted by Gasteiger charge is 2.18. The maximum absolute atomic E-state index is 2.50. The number of hydrogen-bond donors (Lipinski definition) is 0. The lowest BCUT2D eigenvalue weighted by molar-refractivity contribution is 0.633. The Morgan fingerprint density at radius 2 is 1.50 bits per heavy atom. The minimum absolute atomic E-state index is 0.458. The fourth-order valence-electron chi connectivity index (χ4n) is 3.89. The second-order valence-corrected chi connectivity index (χ2v) is 7.37. The van der Waals surface area contributed by atoms with Gasteiger partial charge in [-0.05, 0) is 48.6 Å². The number of anilines is 1. The van der Waals surface area contributed by atoms with Crippen molar-refractivity contribution in [3.05, 3.63) is 102 Å². The minimum atomic E-state index is 0.458. The number of nitrogens with zero attached hydrogens (tertiary/aromatic N) is 1. The van der Waals surface area contributed by atoms with E-state index in [4.69, 9.17) is 0 Å². The zero-order chi connectivity index (χ0) is 19.8. The van der Waals surface area contributed by atoms with Crippen LogP contribution in [0.4, 0.5) is 5.69 Å². The molecule has 28 heavy (non-hydrogen) atoms. The molecule has 0 bridgehead atoms. The number of benzene rings is 3. The van der Waals surface area contributed by atoms with E-state index in [1.807, 2.05) is 0 Å². The Morgan fingerprint density at radius 1 is 0.857 bits per heavy atom. The zero-order valence-corrected chi connectivity index (χ0v) is 17.3. The molecule has 0 aliphatic heterocycles. The van der Waals surface area contributed by atoms with Crippen molar-refractivity contribution in [3.63, 3.8) is 0 Å². The van der Waals surface area contributed by atoms with Crippen LogP contribution in [-0.2, 0) is 6.42 Å². The third-order valence-corrected chi connectivity index (χ3v) is 5.21. The molecule has 0 aliphatic rings. The molecule has 0 radical (unpaired) electrons. The largest absolute Gasteiger partial charge is 0.345 e. The third-order valence-electron chi connectivity index (χ3n) is 5.21. The van der Waals surface area contributed by atoms with E-state index in [1.165, 1.54) is 28.1 Å². The molecule has 1 nitrogen and oxygen atoms in total. The summed E-state index contributed by atoms with van der Waals surface area (Å²) >= 11 is 0. The van der Waals surface area contributed by atoms with Crippen LogP contribution in [0.3, 0.4) is 0 Å². The van der Waals surface area contributed by atoms with Crippen molar-refractivity contribution >= 4 is 5.69 Å². The van der Waals surface area contributed by atoms with Gasteiger partial charge in [-0.3, -0.25) is 0 Å². The molecule has 3 aromatic rings. The molecule has 0 aromatic heterocycles. The normalized spacial score (nSPS) is 12.6. The van der Waals surface area contributed by atoms with Crippen LogP contribution in [0.2, 0.25) is 0 Å². The van der Waals surface area contributed by atoms with E-state index in [9.17, 15) is 0 Å². The van der Waals surface area contributed by atoms with E-state index in [0.717, 1.165) is 19.4 Å². The van der Waals surface area contributed by atoms with Crippen molar-refractivity contribution in [3.8, 4) is 11.1 Å². The van der Waals surface area contributed by atoms with Gasteiger partial charge in [0.1, 0.15) is 0 Å². The summed E-state index contributed by atoms with van der Waals surface area (Å²) < 4.78 is 0. The van der Waals surface area contributed by atoms with Crippen LogP contribution >= 0.6 is 0 Å². The monoisotopic (exact) mass is 369 g/mol. The second kappa shape index (κ2) is 9.94. The molecule has 144 valence electrons. The van der Waals surface area contributed by atoms with Crippen LogP contribution < -0.4 is 4.90 Å². The fourth-order valence-corrected chi connectivity index (χ4v) is 3.89. The Balaban J connectivity index is 1.89. The predicted octanol–water partition coefficient (Wildman–Crippen LogP) is 7.35. The Labute approximate surface area is 170 Å². The van der Waals surface area contributed by atoms with E-state index in [2.05, 4.69) is 117 Å². The lowest BCUT2D eigenvalue weighted by atomic mass is 9.96. The number of allylic oxidation sites excluding steroid dienone is 2. The summed E-state index contributed by atoms with van der Waals surface area (Å²) in [4.78, 5) is 2.50. The van der Waals surface area contributed by atoms with Gasteiger partial charge in [0.05, 0.1) is 0 Å². The summed E-state index contributed by atoms with van der Waals surface area (Å²) in [5, 5.41) is 0. The maximum Gasteiger partial charge on any atom is 0.0414 e. The molecule has 0 saturated carbocycles. The predicted molar refractivity (Wildman–Crippen MR) is 123 cm³/mol. The van der Waals surface area contributed by atoms with E-state index >= 15 is 0 Å². The molecule has 1 atom stereocenters. The summed E-state index contributed by atoms with van der Waals surface area (Å²) in [7, 11) is 0. The summed E-state index contributed by atoms with van der Waals surface area (Å²) in [5.74, 6) is 0.458. The highest BCUT2D eigenvalue weighted by molar-refractivity contribution is 5.69. The molecule has 0 fully saturated rings. The molecule has 1 heteroatoms. The zero-order valence-electron chi connectivity index (χ0n) is 17.3. The smallest absolute Gasteiger partial charge is 0.0414 e. The van der Waals surface area contributed by atoms with Gasteiger partial charge in [0.25, 0.3) is 0 Å². The van der Waals surface area contributed by atoms with Crippen LogP contribution in [0.25, 0.3) is 11.1 Å². The SMILES string of the molecule is C/C=C(/C(C)Cc1ccccc1)N(CCC)c1cccc(-c2ccccc2)c1. The van der Waals surface area contributed by atoms with Gasteiger partial charge >= 0.3 is 0 Å². The van der Waals surface area contributed by atoms with Crippen LogP contribution in [0, 0.1) is 5.92 Å². The Hall–Kier alpha value is -2.80. The van der Waals surface area contributed by atoms with Gasteiger partial charge in [0.15, 0.2) is 0 Å². The number of rotatable bonds is 8. The average molecular weight is 370 g/mol. The molecular formula is C27H31N. The number of hydrogen-bond acceptors (Lipinski definition) is 1. The highest BCUT2D eigenvalue weighted by atomic mass is 15.1. The summed E-state index contributed by atoms with van der Waals surface area (Å²) in [6.07, 6.45) is 4.46. The van der Waals surface area contributed by atoms with Gasteiger partial charge in [0, 0.05) is 23.8 Å². The molecule has 0 amide bonds. The highest BCUT2D eigenvalue weighted by Crippen LogP contribution is 2.30. The lowest BCUT2D eigenvalue weighted by Crippen LogP contribution is -2.28. The molecule has 0 N–H and O–H groups in total. The van der Waals surface area contributed by atoms with Crippen molar-refractivity contribution in [1.29, 1.82) is 0 Å². The average Bonchev–Trinajstić information content (AvgIpc) is 2.75. The van der Waals surface area contributed by atoms with Gasteiger partial charge in [-0.2, -0.15) is 0 Å². The molecular weight excluding hydrogens is 338 g/mol. The van der Waals surface area contributed by atoms with Crippen molar-refractivity contribution in [2.75, 3.05) is 11.4 Å². The Morgan fingerprint density at radius 3 is 2.14 bits per heavy atom. The van der Waals surface area contributed by atoms with Gasteiger partial charge < -0.3 is 4.90 Å². The summed E-state index contributed by atoms with van der Waals surface area (Å²) in [6.45, 7) is 7.78. The fraction of sp³-hybridized carbons (Fsp3) is 0.259. The third kappa shape index (κ3) is 4.92. The molecule has 3 rings (SSSR count). The van der Waals surface area contributed by atoms with Crippen LogP contribution in [0.1, 0.15) is 32.8 Å². The molecule has 1 unspecified atom stereocenters. The first-order valence-corrected chi connectivity index (χ1v) is 10.4. The van der Waals surface area contributed by atoms with Gasteiger partial charge in [-0.1, -0.05) is 92.7 Å². The van der Waals surface area contributed by atoms with E-state index in [1.54, 1.807) is 0 Å². The molecule has 0 saturated heterocycles. The Kier molecular flexibility index (Phi) is 7.08. The van der Waals surface area contributed by atoms with E-state index < -0.39 is 0 Å². The van der Waals surface area contributed by atoms with Crippen LogP contribution in [0.15, 0.2) is 96.7 Å². The summed E-state index contributed by atoms with van der Waals surface area (Å²) in [6, 6.07) is 30.4. The van der Waals surface area contributed by atoms with Crippen LogP contribution in [0.5, 0.6) is 0 Å². The van der Waals surface area contributed by atoms with Crippen molar-refractivity contribution in [1.82, 2.24) is 0 Å². The quantitative estimate of drug-likeness (QED) is 0.401. The standard InChI is InChI=1S/C27H31N/c1-4-19-28(27(5-2)22(3)20-23-13-8-6-9-14-23)26-18-12-17-25(21-26)24-15-10-7-11-16-24/h5-18,21-22H,4,19-20H2,1-3H3/b27-5-. The van der Waals surface area contributed by atoms with E-state index in [0.29, 0.717) is 5.92 Å². The van der Waals surface area contributed by atoms with Crippen molar-refractivity contribution in [2.24, 2.45) is 5.92 Å². The Bertz CT molecular complexity index is 880. The van der Waals surface area contributed by atoms with Crippen molar-refractivity contribution < 1.29 is 0 Å². The van der Waals surface area contributed by atoms with Gasteiger partial charge in [-0.25, -0.2) is 0 Å². The molecule has 0 spiro atoms. The van der Waals surface area contributed by atoms with Gasteiger partial charge in [-0.15, -0.1) is 0 Å². The second-order valence-electron chi connectivity index (χ2n) is 7.37. The molecule has 0 aliphatic carbocycles. The van der Waals surface area contributed by atoms with Gasteiger partial charge in [0.2, 0.25) is 0 Å². The molecule has 0 heterocycles. The maximum atomic E-state index is 2.50. The van der Waals surface area contributed by atoms with E-state index in [-0.39, 0.29) is 0 Å². The minimum Gasteiger partial charge on any atom is -0.345 e. The first-order valence-electron chi connectivity index (χ1n) is 10.4. The lowest BCUT2D eigenvalue weighted by Gasteiger charge is -2.31. The topological polar surface area (TPSA) is 3.24 Å².